The van der Waals surface area contributed by atoms with E-state index in [2.05, 4.69) is 10.1 Å². The molecule has 6 heteroatoms. The van der Waals surface area contributed by atoms with E-state index in [1.165, 1.54) is 25.1 Å². The monoisotopic (exact) mass is 269 g/mol. The molecule has 104 valence electrons. The molecule has 1 aromatic carbocycles. The van der Waals surface area contributed by atoms with Crippen LogP contribution in [-0.4, -0.2) is 36.2 Å². The van der Waals surface area contributed by atoms with Crippen molar-refractivity contribution in [1.82, 2.24) is 5.32 Å². The van der Waals surface area contributed by atoms with Crippen LogP contribution < -0.4 is 5.32 Å². The molecule has 0 heterocycles. The van der Waals surface area contributed by atoms with Gasteiger partial charge in [0.1, 0.15) is 5.82 Å². The molecule has 5 nitrogen and oxygen atoms in total. The number of benzene rings is 1. The number of carbonyl (C=O) groups is 2. The standard InChI is InChI=1S/C13H16FNO4/c1-8-6-9(14)4-5-10(8)11(16)15-7-13(2,18)12(17)19-3/h4-6,18H,7H2,1-3H3,(H,15,16)/t13-/m1/s1. The van der Waals surface area contributed by atoms with E-state index in [9.17, 15) is 19.1 Å². The van der Waals surface area contributed by atoms with E-state index in [0.717, 1.165) is 7.11 Å². The number of hydrogen-bond donors (Lipinski definition) is 2. The largest absolute Gasteiger partial charge is 0.467 e. The van der Waals surface area contributed by atoms with Crippen LogP contribution in [0.2, 0.25) is 0 Å². The number of methoxy groups -OCH3 is 1. The molecule has 0 bridgehead atoms. The van der Waals surface area contributed by atoms with E-state index in [0.29, 0.717) is 5.56 Å². The average molecular weight is 269 g/mol. The van der Waals surface area contributed by atoms with E-state index in [1.54, 1.807) is 6.92 Å². The fourth-order valence-corrected chi connectivity index (χ4v) is 1.52. The first-order valence-corrected chi connectivity index (χ1v) is 5.63. The van der Waals surface area contributed by atoms with E-state index in [1.807, 2.05) is 0 Å². The Kier molecular flexibility index (Phi) is 4.61. The highest BCUT2D eigenvalue weighted by atomic mass is 19.1. The fraction of sp³-hybridized carbons (Fsp3) is 0.385. The normalized spacial score (nSPS) is 13.5. The van der Waals surface area contributed by atoms with Crippen molar-refractivity contribution in [2.24, 2.45) is 0 Å². The molecule has 0 aliphatic heterocycles. The minimum Gasteiger partial charge on any atom is -0.467 e. The number of amides is 1. The van der Waals surface area contributed by atoms with Gasteiger partial charge in [0.25, 0.3) is 5.91 Å². The van der Waals surface area contributed by atoms with Gasteiger partial charge >= 0.3 is 5.97 Å². The molecule has 0 fully saturated rings. The highest BCUT2D eigenvalue weighted by Gasteiger charge is 2.32. The minimum absolute atomic E-state index is 0.280. The number of nitrogens with one attached hydrogen (secondary N) is 1. The molecule has 0 aliphatic carbocycles. The molecule has 0 aromatic heterocycles. The Morgan fingerprint density at radius 2 is 2.11 bits per heavy atom. The molecule has 0 spiro atoms. The van der Waals surface area contributed by atoms with Gasteiger partial charge in [-0.15, -0.1) is 0 Å². The van der Waals surface area contributed by atoms with Gasteiger partial charge in [0.05, 0.1) is 13.7 Å². The number of hydrogen-bond acceptors (Lipinski definition) is 4. The molecule has 0 unspecified atom stereocenters. The van der Waals surface area contributed by atoms with Crippen molar-refractivity contribution in [2.45, 2.75) is 19.4 Å². The lowest BCUT2D eigenvalue weighted by atomic mass is 10.1. The molecule has 1 atom stereocenters. The predicted octanol–water partition coefficient (Wildman–Crippen LogP) is 0.788. The molecular formula is C13H16FNO4. The number of esters is 1. The third-order valence-electron chi connectivity index (χ3n) is 2.65. The van der Waals surface area contributed by atoms with Gasteiger partial charge < -0.3 is 15.2 Å². The van der Waals surface area contributed by atoms with Gasteiger partial charge in [-0.25, -0.2) is 9.18 Å². The van der Waals surface area contributed by atoms with Crippen LogP contribution in [0.4, 0.5) is 4.39 Å². The molecule has 1 amide bonds. The lowest BCUT2D eigenvalue weighted by Crippen LogP contribution is -2.47. The first-order valence-electron chi connectivity index (χ1n) is 5.63. The molecule has 0 saturated heterocycles. The van der Waals surface area contributed by atoms with Crippen molar-refractivity contribution >= 4 is 11.9 Å². The minimum atomic E-state index is -1.81. The maximum Gasteiger partial charge on any atom is 0.339 e. The Labute approximate surface area is 110 Å². The highest BCUT2D eigenvalue weighted by Crippen LogP contribution is 2.11. The molecular weight excluding hydrogens is 253 g/mol. The smallest absolute Gasteiger partial charge is 0.339 e. The van der Waals surface area contributed by atoms with E-state index in [-0.39, 0.29) is 12.1 Å². The SMILES string of the molecule is COC(=O)[C@](C)(O)CNC(=O)c1ccc(F)cc1C. The van der Waals surface area contributed by atoms with Crippen LogP contribution in [0.3, 0.4) is 0 Å². The summed E-state index contributed by atoms with van der Waals surface area (Å²) in [5.41, 5.74) is -1.06. The maximum atomic E-state index is 12.9. The lowest BCUT2D eigenvalue weighted by Gasteiger charge is -2.20. The van der Waals surface area contributed by atoms with Gasteiger partial charge in [-0.1, -0.05) is 0 Å². The first kappa shape index (κ1) is 15.1. The zero-order valence-corrected chi connectivity index (χ0v) is 11.0. The number of halogens is 1. The molecule has 1 aromatic rings. The summed E-state index contributed by atoms with van der Waals surface area (Å²) in [6, 6.07) is 3.74. The van der Waals surface area contributed by atoms with Crippen LogP contribution in [-0.2, 0) is 9.53 Å². The topological polar surface area (TPSA) is 75.6 Å². The quantitative estimate of drug-likeness (QED) is 0.792. The summed E-state index contributed by atoms with van der Waals surface area (Å²) in [5, 5.41) is 12.1. The zero-order chi connectivity index (χ0) is 14.6. The fourth-order valence-electron chi connectivity index (χ4n) is 1.52. The second-order valence-electron chi connectivity index (χ2n) is 4.41. The van der Waals surface area contributed by atoms with Crippen LogP contribution in [0.15, 0.2) is 18.2 Å². The Morgan fingerprint density at radius 1 is 1.47 bits per heavy atom. The van der Waals surface area contributed by atoms with Gasteiger partial charge in [0, 0.05) is 5.56 Å². The van der Waals surface area contributed by atoms with E-state index >= 15 is 0 Å². The lowest BCUT2D eigenvalue weighted by molar-refractivity contribution is -0.159. The summed E-state index contributed by atoms with van der Waals surface area (Å²) < 4.78 is 17.3. The second kappa shape index (κ2) is 5.79. The van der Waals surface area contributed by atoms with Crippen LogP contribution in [0.1, 0.15) is 22.8 Å². The second-order valence-corrected chi connectivity index (χ2v) is 4.41. The summed E-state index contributed by atoms with van der Waals surface area (Å²) in [6.45, 7) is 2.53. The Hall–Kier alpha value is -1.95. The summed E-state index contributed by atoms with van der Waals surface area (Å²) in [7, 11) is 1.14. The number of rotatable bonds is 4. The van der Waals surface area contributed by atoms with Crippen LogP contribution in [0.25, 0.3) is 0 Å². The van der Waals surface area contributed by atoms with Crippen molar-refractivity contribution in [2.75, 3.05) is 13.7 Å². The predicted molar refractivity (Wildman–Crippen MR) is 66.1 cm³/mol. The third kappa shape index (κ3) is 3.75. The van der Waals surface area contributed by atoms with E-state index in [4.69, 9.17) is 0 Å². The van der Waals surface area contributed by atoms with Crippen molar-refractivity contribution in [1.29, 1.82) is 0 Å². The molecule has 0 radical (unpaired) electrons. The highest BCUT2D eigenvalue weighted by molar-refractivity contribution is 5.96. The zero-order valence-electron chi connectivity index (χ0n) is 11.0. The molecule has 0 aliphatic rings. The molecule has 2 N–H and O–H groups in total. The summed E-state index contributed by atoms with van der Waals surface area (Å²) >= 11 is 0. The van der Waals surface area contributed by atoms with Crippen molar-refractivity contribution < 1.29 is 23.8 Å². The van der Waals surface area contributed by atoms with Gasteiger partial charge in [0.2, 0.25) is 0 Å². The van der Waals surface area contributed by atoms with Gasteiger partial charge in [0.15, 0.2) is 5.60 Å². The number of carbonyl (C=O) groups excluding carboxylic acids is 2. The van der Waals surface area contributed by atoms with Crippen LogP contribution in [0, 0.1) is 12.7 Å². The Bertz CT molecular complexity index is 499. The summed E-state index contributed by atoms with van der Waals surface area (Å²) in [6.07, 6.45) is 0. The van der Waals surface area contributed by atoms with Gasteiger partial charge in [-0.2, -0.15) is 0 Å². The first-order chi connectivity index (χ1) is 8.77. The van der Waals surface area contributed by atoms with Crippen LogP contribution in [0.5, 0.6) is 0 Å². The van der Waals surface area contributed by atoms with Crippen molar-refractivity contribution in [3.63, 3.8) is 0 Å². The third-order valence-corrected chi connectivity index (χ3v) is 2.65. The molecule has 1 rings (SSSR count). The maximum absolute atomic E-state index is 12.9. The number of aryl methyl sites for hydroxylation is 1. The molecule has 19 heavy (non-hydrogen) atoms. The summed E-state index contributed by atoms with van der Waals surface area (Å²) in [5.74, 6) is -1.78. The molecule has 0 saturated carbocycles. The summed E-state index contributed by atoms with van der Waals surface area (Å²) in [4.78, 5) is 23.1. The van der Waals surface area contributed by atoms with Crippen molar-refractivity contribution in [3.05, 3.63) is 35.1 Å². The van der Waals surface area contributed by atoms with Crippen LogP contribution >= 0.6 is 0 Å². The number of aliphatic hydroxyl groups is 1. The average Bonchev–Trinajstić information content (AvgIpc) is 2.35. The van der Waals surface area contributed by atoms with Gasteiger partial charge in [-0.3, -0.25) is 4.79 Å². The Balaban J connectivity index is 2.73. The Morgan fingerprint density at radius 3 is 2.63 bits per heavy atom. The number of ether oxygens (including phenoxy) is 1. The van der Waals surface area contributed by atoms with Crippen molar-refractivity contribution in [3.8, 4) is 0 Å². The van der Waals surface area contributed by atoms with E-state index < -0.39 is 23.3 Å². The van der Waals surface area contributed by atoms with Gasteiger partial charge in [-0.05, 0) is 37.6 Å².